The first-order valence-electron chi connectivity index (χ1n) is 10.9. The SMILES string of the molecule is CCCNC(=O)NC(=O)CSc1nc2sc3c(c2c(=O)n1-c1ccc(OC)cc1)CCCC3. The zero-order valence-corrected chi connectivity index (χ0v) is 20.2. The first kappa shape index (κ1) is 23.3. The number of nitrogens with zero attached hydrogens (tertiary/aromatic N) is 2. The van der Waals surface area contributed by atoms with Gasteiger partial charge in [-0.05, 0) is 61.9 Å². The van der Waals surface area contributed by atoms with Gasteiger partial charge in [0, 0.05) is 11.4 Å². The van der Waals surface area contributed by atoms with Gasteiger partial charge in [-0.15, -0.1) is 11.3 Å². The Kier molecular flexibility index (Phi) is 7.34. The van der Waals surface area contributed by atoms with Crippen LogP contribution >= 0.6 is 23.1 Å². The molecule has 174 valence electrons. The third kappa shape index (κ3) is 5.06. The topological polar surface area (TPSA) is 102 Å². The summed E-state index contributed by atoms with van der Waals surface area (Å²) in [7, 11) is 1.59. The Morgan fingerprint density at radius 2 is 1.97 bits per heavy atom. The predicted molar refractivity (Wildman–Crippen MR) is 131 cm³/mol. The van der Waals surface area contributed by atoms with E-state index in [0.717, 1.165) is 49.4 Å². The number of thioether (sulfide) groups is 1. The molecular weight excluding hydrogens is 460 g/mol. The zero-order valence-electron chi connectivity index (χ0n) is 18.6. The number of urea groups is 1. The monoisotopic (exact) mass is 486 g/mol. The molecule has 0 atom stereocenters. The molecule has 2 N–H and O–H groups in total. The van der Waals surface area contributed by atoms with Crippen molar-refractivity contribution >= 4 is 45.3 Å². The number of amides is 3. The molecule has 0 spiro atoms. The van der Waals surface area contributed by atoms with Gasteiger partial charge in [-0.2, -0.15) is 0 Å². The maximum atomic E-state index is 13.7. The minimum Gasteiger partial charge on any atom is -0.497 e. The normalized spacial score (nSPS) is 12.9. The van der Waals surface area contributed by atoms with Crippen molar-refractivity contribution in [2.75, 3.05) is 19.4 Å². The number of methoxy groups -OCH3 is 1. The van der Waals surface area contributed by atoms with Crippen LogP contribution in [0.5, 0.6) is 5.75 Å². The minimum atomic E-state index is -0.524. The maximum Gasteiger partial charge on any atom is 0.321 e. The van der Waals surface area contributed by atoms with E-state index in [-0.39, 0.29) is 11.3 Å². The molecule has 0 saturated carbocycles. The summed E-state index contributed by atoms with van der Waals surface area (Å²) in [6.45, 7) is 2.42. The maximum absolute atomic E-state index is 13.7. The highest BCUT2D eigenvalue weighted by Gasteiger charge is 2.23. The molecular formula is C23H26N4O4S2. The van der Waals surface area contributed by atoms with Gasteiger partial charge in [-0.1, -0.05) is 18.7 Å². The van der Waals surface area contributed by atoms with Gasteiger partial charge in [0.1, 0.15) is 10.6 Å². The molecule has 8 nitrogen and oxygen atoms in total. The number of aryl methyl sites for hydroxylation is 2. The van der Waals surface area contributed by atoms with E-state index in [0.29, 0.717) is 33.4 Å². The van der Waals surface area contributed by atoms with E-state index in [2.05, 4.69) is 10.6 Å². The molecule has 3 aromatic rings. The number of hydrogen-bond acceptors (Lipinski definition) is 7. The van der Waals surface area contributed by atoms with Gasteiger partial charge in [0.15, 0.2) is 5.16 Å². The second-order valence-corrected chi connectivity index (χ2v) is 9.74. The van der Waals surface area contributed by atoms with Crippen molar-refractivity contribution < 1.29 is 14.3 Å². The Labute approximate surface area is 199 Å². The fourth-order valence-corrected chi connectivity index (χ4v) is 5.93. The number of ether oxygens (including phenoxy) is 1. The number of hydrogen-bond donors (Lipinski definition) is 2. The highest BCUT2D eigenvalue weighted by molar-refractivity contribution is 7.99. The fourth-order valence-electron chi connectivity index (χ4n) is 3.82. The number of carbonyl (C=O) groups is 2. The first-order valence-corrected chi connectivity index (χ1v) is 12.7. The summed E-state index contributed by atoms with van der Waals surface area (Å²) in [5.41, 5.74) is 1.63. The second kappa shape index (κ2) is 10.4. The second-order valence-electron chi connectivity index (χ2n) is 7.72. The van der Waals surface area contributed by atoms with Crippen molar-refractivity contribution in [1.82, 2.24) is 20.2 Å². The van der Waals surface area contributed by atoms with E-state index in [9.17, 15) is 14.4 Å². The molecule has 0 saturated heterocycles. The molecule has 1 aliphatic carbocycles. The van der Waals surface area contributed by atoms with Crippen LogP contribution in [-0.2, 0) is 17.6 Å². The van der Waals surface area contributed by atoms with E-state index in [4.69, 9.17) is 9.72 Å². The van der Waals surface area contributed by atoms with Gasteiger partial charge >= 0.3 is 6.03 Å². The Balaban J connectivity index is 1.70. The number of carbonyl (C=O) groups excluding carboxylic acids is 2. The summed E-state index contributed by atoms with van der Waals surface area (Å²) in [5.74, 6) is 0.189. The summed E-state index contributed by atoms with van der Waals surface area (Å²) in [5, 5.41) is 6.02. The summed E-state index contributed by atoms with van der Waals surface area (Å²) in [6, 6.07) is 6.65. The number of benzene rings is 1. The molecule has 1 aromatic carbocycles. The van der Waals surface area contributed by atoms with Crippen molar-refractivity contribution in [2.24, 2.45) is 0 Å². The standard InChI is InChI=1S/C23H26N4O4S2/c1-3-12-24-22(30)25-18(28)13-32-23-26-20-19(16-6-4-5-7-17(16)33-20)21(29)27(23)14-8-10-15(31-2)11-9-14/h8-11H,3-7,12-13H2,1-2H3,(H2,24,25,28,30). The molecule has 2 heterocycles. The molecule has 0 aliphatic heterocycles. The molecule has 4 rings (SSSR count). The van der Waals surface area contributed by atoms with Gasteiger partial charge in [0.25, 0.3) is 5.56 Å². The van der Waals surface area contributed by atoms with Crippen LogP contribution in [-0.4, -0.2) is 40.9 Å². The van der Waals surface area contributed by atoms with Crippen LogP contribution in [0.3, 0.4) is 0 Å². The summed E-state index contributed by atoms with van der Waals surface area (Å²) in [4.78, 5) is 44.5. The highest BCUT2D eigenvalue weighted by atomic mass is 32.2. The summed E-state index contributed by atoms with van der Waals surface area (Å²) in [6.07, 6.45) is 4.82. The molecule has 2 aromatic heterocycles. The molecule has 0 unspecified atom stereocenters. The number of thiophene rings is 1. The lowest BCUT2D eigenvalue weighted by atomic mass is 9.97. The van der Waals surface area contributed by atoms with Crippen molar-refractivity contribution in [1.29, 1.82) is 0 Å². The van der Waals surface area contributed by atoms with Crippen molar-refractivity contribution in [3.8, 4) is 11.4 Å². The fraction of sp³-hybridized carbons (Fsp3) is 0.391. The molecule has 0 bridgehead atoms. The lowest BCUT2D eigenvalue weighted by Crippen LogP contribution is -2.40. The van der Waals surface area contributed by atoms with Gasteiger partial charge in [0.2, 0.25) is 5.91 Å². The minimum absolute atomic E-state index is 0.0429. The van der Waals surface area contributed by atoms with Crippen LogP contribution in [0.4, 0.5) is 4.79 Å². The number of imide groups is 1. The van der Waals surface area contributed by atoms with E-state index in [1.807, 2.05) is 6.92 Å². The lowest BCUT2D eigenvalue weighted by Gasteiger charge is -2.14. The van der Waals surface area contributed by atoms with Gasteiger partial charge < -0.3 is 10.1 Å². The van der Waals surface area contributed by atoms with E-state index >= 15 is 0 Å². The van der Waals surface area contributed by atoms with E-state index < -0.39 is 11.9 Å². The van der Waals surface area contributed by atoms with Crippen LogP contribution in [0.25, 0.3) is 15.9 Å². The predicted octanol–water partition coefficient (Wildman–Crippen LogP) is 3.66. The van der Waals surface area contributed by atoms with Crippen LogP contribution in [0.15, 0.2) is 34.2 Å². The number of rotatable bonds is 7. The molecule has 1 aliphatic rings. The zero-order chi connectivity index (χ0) is 23.4. The van der Waals surface area contributed by atoms with E-state index in [1.54, 1.807) is 47.3 Å². The third-order valence-corrected chi connectivity index (χ3v) is 7.53. The van der Waals surface area contributed by atoms with Gasteiger partial charge in [-0.25, -0.2) is 9.78 Å². The van der Waals surface area contributed by atoms with Crippen LogP contribution in [0.1, 0.15) is 36.6 Å². The van der Waals surface area contributed by atoms with Crippen molar-refractivity contribution in [2.45, 2.75) is 44.2 Å². The summed E-state index contributed by atoms with van der Waals surface area (Å²) < 4.78 is 6.80. The largest absolute Gasteiger partial charge is 0.497 e. The molecule has 0 radical (unpaired) electrons. The van der Waals surface area contributed by atoms with Gasteiger partial charge in [0.05, 0.1) is 23.9 Å². The first-order chi connectivity index (χ1) is 16.0. The van der Waals surface area contributed by atoms with Crippen LogP contribution in [0.2, 0.25) is 0 Å². The van der Waals surface area contributed by atoms with Gasteiger partial charge in [-0.3, -0.25) is 19.5 Å². The van der Waals surface area contributed by atoms with E-state index in [1.165, 1.54) is 4.88 Å². The van der Waals surface area contributed by atoms with Crippen molar-refractivity contribution in [3.63, 3.8) is 0 Å². The average Bonchev–Trinajstić information content (AvgIpc) is 3.20. The number of nitrogens with one attached hydrogen (secondary N) is 2. The highest BCUT2D eigenvalue weighted by Crippen LogP contribution is 2.35. The summed E-state index contributed by atoms with van der Waals surface area (Å²) >= 11 is 2.71. The van der Waals surface area contributed by atoms with Crippen LogP contribution in [0, 0.1) is 0 Å². The molecule has 33 heavy (non-hydrogen) atoms. The quantitative estimate of drug-likeness (QED) is 0.390. The lowest BCUT2D eigenvalue weighted by molar-refractivity contribution is -0.117. The van der Waals surface area contributed by atoms with Crippen LogP contribution < -0.4 is 20.9 Å². The number of fused-ring (bicyclic) bond motifs is 3. The average molecular weight is 487 g/mol. The molecule has 3 amide bonds. The Bertz CT molecular complexity index is 1230. The van der Waals surface area contributed by atoms with Crippen molar-refractivity contribution in [3.05, 3.63) is 45.1 Å². The Hall–Kier alpha value is -2.85. The number of aromatic nitrogens is 2. The smallest absolute Gasteiger partial charge is 0.321 e. The Morgan fingerprint density at radius 1 is 1.21 bits per heavy atom. The third-order valence-electron chi connectivity index (χ3n) is 5.41. The molecule has 0 fully saturated rings. The molecule has 10 heteroatoms. The Morgan fingerprint density at radius 3 is 2.70 bits per heavy atom.